The zero-order chi connectivity index (χ0) is 13.9. The fraction of sp³-hybridized carbons (Fsp3) is 0.118. The molecule has 2 heterocycles. The van der Waals surface area contributed by atoms with Gasteiger partial charge in [0.05, 0.1) is 17.6 Å². The molecule has 1 aromatic heterocycles. The van der Waals surface area contributed by atoms with Crippen molar-refractivity contribution in [2.24, 2.45) is 0 Å². The molecule has 0 fully saturated rings. The average molecular weight is 265 g/mol. The molecule has 3 aromatic rings. The third kappa shape index (κ3) is 1.40. The van der Waals surface area contributed by atoms with Crippen molar-refractivity contribution in [2.45, 2.75) is 13.5 Å². The number of pyridine rings is 1. The van der Waals surface area contributed by atoms with E-state index < -0.39 is 0 Å². The average Bonchev–Trinajstić information content (AvgIpc) is 2.80. The molecular formula is C17H12FNO. The molecule has 1 aliphatic heterocycles. The van der Waals surface area contributed by atoms with Crippen molar-refractivity contribution in [3.05, 3.63) is 69.8 Å². The number of hydrogen-bond acceptors (Lipinski definition) is 1. The van der Waals surface area contributed by atoms with Crippen LogP contribution < -0.4 is 5.56 Å². The van der Waals surface area contributed by atoms with Gasteiger partial charge in [-0.05, 0) is 41.6 Å². The molecule has 2 nitrogen and oxygen atoms in total. The van der Waals surface area contributed by atoms with E-state index in [0.29, 0.717) is 11.9 Å². The molecule has 4 rings (SSSR count). The molecule has 0 bridgehead atoms. The zero-order valence-corrected chi connectivity index (χ0v) is 11.0. The maximum Gasteiger partial charge on any atom is 0.259 e. The molecule has 0 saturated carbocycles. The van der Waals surface area contributed by atoms with Crippen molar-refractivity contribution < 1.29 is 4.39 Å². The Balaban J connectivity index is 2.16. The van der Waals surface area contributed by atoms with Crippen LogP contribution in [0.1, 0.15) is 11.1 Å². The van der Waals surface area contributed by atoms with Crippen molar-refractivity contribution in [2.75, 3.05) is 0 Å². The van der Waals surface area contributed by atoms with Gasteiger partial charge in [-0.3, -0.25) is 4.79 Å². The van der Waals surface area contributed by atoms with Gasteiger partial charge in [0.25, 0.3) is 5.56 Å². The fourth-order valence-electron chi connectivity index (χ4n) is 3.05. The standard InChI is InChI=1S/C17H12FNO/c1-10-6-12(18)7-15-14(10)8-16-13-5-3-2-4-11(13)9-19(16)17(15)20/h2-8H,9H2,1H3. The molecule has 0 atom stereocenters. The van der Waals surface area contributed by atoms with E-state index in [4.69, 9.17) is 0 Å². The summed E-state index contributed by atoms with van der Waals surface area (Å²) in [5.41, 5.74) is 3.84. The van der Waals surface area contributed by atoms with E-state index in [9.17, 15) is 9.18 Å². The normalized spacial score (nSPS) is 12.5. The fourth-order valence-corrected chi connectivity index (χ4v) is 3.05. The number of aromatic nitrogens is 1. The number of halogens is 1. The first-order valence-electron chi connectivity index (χ1n) is 6.57. The second-order valence-electron chi connectivity index (χ2n) is 5.26. The number of benzene rings is 2. The van der Waals surface area contributed by atoms with E-state index in [1.807, 2.05) is 37.3 Å². The van der Waals surface area contributed by atoms with Gasteiger partial charge < -0.3 is 4.57 Å². The van der Waals surface area contributed by atoms with Crippen molar-refractivity contribution in [3.8, 4) is 11.3 Å². The van der Waals surface area contributed by atoms with Gasteiger partial charge in [0.1, 0.15) is 5.82 Å². The molecule has 0 amide bonds. The lowest BCUT2D eigenvalue weighted by Gasteiger charge is -2.08. The van der Waals surface area contributed by atoms with Gasteiger partial charge in [0, 0.05) is 5.56 Å². The van der Waals surface area contributed by atoms with E-state index in [-0.39, 0.29) is 11.4 Å². The van der Waals surface area contributed by atoms with E-state index in [1.54, 1.807) is 4.57 Å². The molecule has 0 saturated heterocycles. The lowest BCUT2D eigenvalue weighted by molar-refractivity contribution is 0.628. The SMILES string of the molecule is Cc1cc(F)cc2c(=O)n3c(cc12)-c1ccccc1C3. The van der Waals surface area contributed by atoms with Crippen LogP contribution in [0.15, 0.2) is 47.3 Å². The molecule has 0 N–H and O–H groups in total. The summed E-state index contributed by atoms with van der Waals surface area (Å²) in [4.78, 5) is 12.6. The lowest BCUT2D eigenvalue weighted by atomic mass is 10.0. The molecule has 0 unspecified atom stereocenters. The van der Waals surface area contributed by atoms with Gasteiger partial charge in [-0.2, -0.15) is 0 Å². The van der Waals surface area contributed by atoms with Crippen molar-refractivity contribution in [3.63, 3.8) is 0 Å². The molecule has 0 aliphatic carbocycles. The molecular weight excluding hydrogens is 253 g/mol. The molecule has 1 aliphatic rings. The highest BCUT2D eigenvalue weighted by Gasteiger charge is 2.21. The predicted octanol–water partition coefficient (Wildman–Crippen LogP) is 3.48. The topological polar surface area (TPSA) is 22.0 Å². The van der Waals surface area contributed by atoms with E-state index in [0.717, 1.165) is 27.8 Å². The Morgan fingerprint density at radius 3 is 2.75 bits per heavy atom. The van der Waals surface area contributed by atoms with Crippen LogP contribution in [0, 0.1) is 12.7 Å². The smallest absolute Gasteiger partial charge is 0.259 e. The third-order valence-electron chi connectivity index (χ3n) is 4.02. The van der Waals surface area contributed by atoms with Crippen LogP contribution in [0.3, 0.4) is 0 Å². The van der Waals surface area contributed by atoms with Crippen LogP contribution in [0.4, 0.5) is 4.39 Å². The number of hydrogen-bond donors (Lipinski definition) is 0. The highest BCUT2D eigenvalue weighted by molar-refractivity contribution is 5.89. The van der Waals surface area contributed by atoms with Crippen molar-refractivity contribution >= 4 is 10.8 Å². The Morgan fingerprint density at radius 2 is 1.90 bits per heavy atom. The third-order valence-corrected chi connectivity index (χ3v) is 4.02. The molecule has 20 heavy (non-hydrogen) atoms. The van der Waals surface area contributed by atoms with E-state index >= 15 is 0 Å². The van der Waals surface area contributed by atoms with Crippen LogP contribution in [0.5, 0.6) is 0 Å². The summed E-state index contributed by atoms with van der Waals surface area (Å²) in [5, 5.41) is 1.29. The molecule has 2 aromatic carbocycles. The Kier molecular flexibility index (Phi) is 2.16. The Labute approximate surface area is 115 Å². The summed E-state index contributed by atoms with van der Waals surface area (Å²) in [6.45, 7) is 2.40. The lowest BCUT2D eigenvalue weighted by Crippen LogP contribution is -2.19. The summed E-state index contributed by atoms with van der Waals surface area (Å²) < 4.78 is 15.3. The number of rotatable bonds is 0. The maximum absolute atomic E-state index is 13.5. The van der Waals surface area contributed by atoms with Crippen LogP contribution in [0.25, 0.3) is 22.0 Å². The van der Waals surface area contributed by atoms with Gasteiger partial charge in [-0.1, -0.05) is 24.3 Å². The minimum absolute atomic E-state index is 0.115. The van der Waals surface area contributed by atoms with Crippen molar-refractivity contribution in [1.29, 1.82) is 0 Å². The second kappa shape index (κ2) is 3.79. The van der Waals surface area contributed by atoms with Gasteiger partial charge in [-0.25, -0.2) is 4.39 Å². The Hall–Kier alpha value is -2.42. The first-order chi connectivity index (χ1) is 9.65. The maximum atomic E-state index is 13.5. The van der Waals surface area contributed by atoms with E-state index in [1.165, 1.54) is 12.1 Å². The quantitative estimate of drug-likeness (QED) is 0.477. The monoisotopic (exact) mass is 265 g/mol. The highest BCUT2D eigenvalue weighted by Crippen LogP contribution is 2.32. The molecule has 0 radical (unpaired) electrons. The number of nitrogens with zero attached hydrogens (tertiary/aromatic N) is 1. The van der Waals surface area contributed by atoms with E-state index in [2.05, 4.69) is 0 Å². The Bertz CT molecular complexity index is 924. The summed E-state index contributed by atoms with van der Waals surface area (Å²) in [5.74, 6) is -0.358. The Morgan fingerprint density at radius 1 is 1.10 bits per heavy atom. The first-order valence-corrected chi connectivity index (χ1v) is 6.57. The van der Waals surface area contributed by atoms with Crippen molar-refractivity contribution in [1.82, 2.24) is 4.57 Å². The number of fused-ring (bicyclic) bond motifs is 4. The minimum atomic E-state index is -0.358. The summed E-state index contributed by atoms with van der Waals surface area (Å²) in [6, 6.07) is 12.8. The molecule has 98 valence electrons. The van der Waals surface area contributed by atoms with Crippen LogP contribution in [0.2, 0.25) is 0 Å². The predicted molar refractivity (Wildman–Crippen MR) is 77.4 cm³/mol. The summed E-state index contributed by atoms with van der Waals surface area (Å²) in [7, 11) is 0. The van der Waals surface area contributed by atoms with Crippen LogP contribution in [-0.2, 0) is 6.54 Å². The summed E-state index contributed by atoms with van der Waals surface area (Å²) >= 11 is 0. The molecule has 3 heteroatoms. The van der Waals surface area contributed by atoms with Gasteiger partial charge in [0.2, 0.25) is 0 Å². The van der Waals surface area contributed by atoms with Gasteiger partial charge in [-0.15, -0.1) is 0 Å². The molecule has 0 spiro atoms. The van der Waals surface area contributed by atoms with Crippen LogP contribution >= 0.6 is 0 Å². The van der Waals surface area contributed by atoms with Crippen LogP contribution in [-0.4, -0.2) is 4.57 Å². The number of aryl methyl sites for hydroxylation is 1. The van der Waals surface area contributed by atoms with Gasteiger partial charge in [0.15, 0.2) is 0 Å². The summed E-state index contributed by atoms with van der Waals surface area (Å²) in [6.07, 6.45) is 0. The second-order valence-corrected chi connectivity index (χ2v) is 5.26. The minimum Gasteiger partial charge on any atom is -0.303 e. The first kappa shape index (κ1) is 11.4. The largest absolute Gasteiger partial charge is 0.303 e. The van der Waals surface area contributed by atoms with Gasteiger partial charge >= 0.3 is 0 Å². The highest BCUT2D eigenvalue weighted by atomic mass is 19.1. The zero-order valence-electron chi connectivity index (χ0n) is 11.0.